The monoisotopic (exact) mass is 425 g/mol. The second kappa shape index (κ2) is 5.60. The molecule has 3 amide bonds. The zero-order valence-electron chi connectivity index (χ0n) is 14.4. The summed E-state index contributed by atoms with van der Waals surface area (Å²) >= 11 is 3.52. The minimum Gasteiger partial charge on any atom is -0.508 e. The molecule has 1 aromatic heterocycles. The van der Waals surface area contributed by atoms with E-state index in [1.807, 2.05) is 24.3 Å². The van der Waals surface area contributed by atoms with E-state index in [2.05, 4.69) is 20.9 Å². The zero-order chi connectivity index (χ0) is 18.9. The molecule has 1 saturated heterocycles. The Balaban J connectivity index is 1.79. The van der Waals surface area contributed by atoms with Crippen molar-refractivity contribution < 1.29 is 14.7 Å². The lowest BCUT2D eigenvalue weighted by molar-refractivity contribution is -0.127. The van der Waals surface area contributed by atoms with Crippen LogP contribution in [0.5, 0.6) is 5.75 Å². The number of aromatic nitrogens is 1. The van der Waals surface area contributed by atoms with Crippen LogP contribution in [0.2, 0.25) is 0 Å². The third-order valence-corrected chi connectivity index (χ3v) is 5.99. The number of aromatic hydroxyl groups is 1. The standard InChI is InChI=1S/C20H16BrN3O3/c1-23-19(26)16-9-14-13-8-11(21)5-6-15(13)22-17(14)18(24(16)20(23)27)10-3-2-4-12(25)7-10/h2-8,16,18,22,25H,9H2,1H3. The minimum absolute atomic E-state index is 0.126. The van der Waals surface area contributed by atoms with Gasteiger partial charge in [0.15, 0.2) is 0 Å². The van der Waals surface area contributed by atoms with Gasteiger partial charge >= 0.3 is 6.03 Å². The van der Waals surface area contributed by atoms with E-state index in [9.17, 15) is 14.7 Å². The number of phenols is 1. The Labute approximate surface area is 163 Å². The molecule has 1 fully saturated rings. The van der Waals surface area contributed by atoms with Crippen LogP contribution in [-0.2, 0) is 11.2 Å². The summed E-state index contributed by atoms with van der Waals surface area (Å²) in [5, 5.41) is 11.0. The van der Waals surface area contributed by atoms with Gasteiger partial charge in [-0.2, -0.15) is 0 Å². The van der Waals surface area contributed by atoms with E-state index in [0.29, 0.717) is 6.42 Å². The van der Waals surface area contributed by atoms with Crippen molar-refractivity contribution >= 4 is 38.8 Å². The van der Waals surface area contributed by atoms with Crippen LogP contribution in [0.25, 0.3) is 10.9 Å². The summed E-state index contributed by atoms with van der Waals surface area (Å²) in [6.45, 7) is 0. The van der Waals surface area contributed by atoms with Crippen LogP contribution in [0.15, 0.2) is 46.9 Å². The molecule has 136 valence electrons. The quantitative estimate of drug-likeness (QED) is 0.585. The number of hydrogen-bond donors (Lipinski definition) is 2. The van der Waals surface area contributed by atoms with E-state index in [0.717, 1.165) is 32.2 Å². The predicted molar refractivity (Wildman–Crippen MR) is 103 cm³/mol. The van der Waals surface area contributed by atoms with Crippen molar-refractivity contribution in [2.75, 3.05) is 7.05 Å². The summed E-state index contributed by atoms with van der Waals surface area (Å²) in [5.74, 6) is -0.0681. The number of likely N-dealkylation sites (N-methyl/N-ethyl adjacent to an activating group) is 1. The molecule has 27 heavy (non-hydrogen) atoms. The molecular formula is C20H16BrN3O3. The predicted octanol–water partition coefficient (Wildman–Crippen LogP) is 3.54. The molecule has 2 aliphatic heterocycles. The number of phenolic OH excluding ortho intramolecular Hbond substituents is 1. The van der Waals surface area contributed by atoms with E-state index >= 15 is 0 Å². The van der Waals surface area contributed by atoms with Gasteiger partial charge < -0.3 is 10.1 Å². The molecule has 0 spiro atoms. The van der Waals surface area contributed by atoms with Crippen molar-refractivity contribution in [2.45, 2.75) is 18.5 Å². The van der Waals surface area contributed by atoms with Gasteiger partial charge in [-0.25, -0.2) is 4.79 Å². The van der Waals surface area contributed by atoms with Crippen molar-refractivity contribution in [3.63, 3.8) is 0 Å². The number of carbonyl (C=O) groups is 2. The maximum atomic E-state index is 12.8. The number of amides is 3. The highest BCUT2D eigenvalue weighted by Crippen LogP contribution is 2.44. The van der Waals surface area contributed by atoms with Crippen molar-refractivity contribution in [3.05, 3.63) is 63.8 Å². The first-order chi connectivity index (χ1) is 13.0. The fourth-order valence-electron chi connectivity index (χ4n) is 4.27. The second-order valence-corrected chi connectivity index (χ2v) is 7.93. The molecule has 2 aliphatic rings. The molecule has 6 nitrogen and oxygen atoms in total. The van der Waals surface area contributed by atoms with Crippen LogP contribution in [0.4, 0.5) is 4.79 Å². The smallest absolute Gasteiger partial charge is 0.328 e. The average molecular weight is 426 g/mol. The Hall–Kier alpha value is -2.80. The summed E-state index contributed by atoms with van der Waals surface area (Å²) < 4.78 is 0.957. The van der Waals surface area contributed by atoms with Crippen LogP contribution >= 0.6 is 15.9 Å². The Kier molecular flexibility index (Phi) is 3.40. The average Bonchev–Trinajstić information content (AvgIpc) is 3.11. The molecule has 0 radical (unpaired) electrons. The Morgan fingerprint density at radius 2 is 2.00 bits per heavy atom. The van der Waals surface area contributed by atoms with Crippen LogP contribution < -0.4 is 0 Å². The molecular weight excluding hydrogens is 410 g/mol. The molecule has 0 saturated carbocycles. The SMILES string of the molecule is CN1C(=O)C2Cc3c([nH]c4ccc(Br)cc34)C(c3cccc(O)c3)N2C1=O. The van der Waals surface area contributed by atoms with Crippen LogP contribution in [0.1, 0.15) is 22.9 Å². The molecule has 2 N–H and O–H groups in total. The largest absolute Gasteiger partial charge is 0.508 e. The van der Waals surface area contributed by atoms with Crippen LogP contribution in [0, 0.1) is 0 Å². The number of nitrogens with zero attached hydrogens (tertiary/aromatic N) is 2. The molecule has 2 aromatic carbocycles. The number of nitrogens with one attached hydrogen (secondary N) is 1. The number of H-pyrrole nitrogens is 1. The number of imide groups is 1. The first-order valence-corrected chi connectivity index (χ1v) is 9.44. The number of aromatic amines is 1. The number of halogens is 1. The third-order valence-electron chi connectivity index (χ3n) is 5.50. The number of fused-ring (bicyclic) bond motifs is 4. The number of rotatable bonds is 1. The lowest BCUT2D eigenvalue weighted by atomic mass is 9.89. The number of benzene rings is 2. The maximum absolute atomic E-state index is 12.8. The van der Waals surface area contributed by atoms with Gasteiger partial charge in [0.05, 0.1) is 0 Å². The van der Waals surface area contributed by atoms with Gasteiger partial charge in [-0.3, -0.25) is 14.6 Å². The Morgan fingerprint density at radius 1 is 1.19 bits per heavy atom. The normalized spacial score (nSPS) is 21.7. The fourth-order valence-corrected chi connectivity index (χ4v) is 4.63. The highest BCUT2D eigenvalue weighted by Gasteiger charge is 2.51. The zero-order valence-corrected chi connectivity index (χ0v) is 16.0. The molecule has 7 heteroatoms. The molecule has 3 heterocycles. The van der Waals surface area contributed by atoms with E-state index in [1.165, 1.54) is 11.9 Å². The first kappa shape index (κ1) is 16.4. The number of urea groups is 1. The van der Waals surface area contributed by atoms with E-state index < -0.39 is 12.1 Å². The second-order valence-electron chi connectivity index (χ2n) is 7.01. The van der Waals surface area contributed by atoms with Crippen molar-refractivity contribution in [2.24, 2.45) is 0 Å². The Bertz CT molecular complexity index is 1120. The summed E-state index contributed by atoms with van der Waals surface area (Å²) in [6, 6.07) is 11.5. The van der Waals surface area contributed by atoms with Gasteiger partial charge in [0.25, 0.3) is 5.91 Å². The van der Waals surface area contributed by atoms with Gasteiger partial charge in [0, 0.05) is 34.5 Å². The van der Waals surface area contributed by atoms with E-state index in [4.69, 9.17) is 0 Å². The van der Waals surface area contributed by atoms with Gasteiger partial charge in [0.2, 0.25) is 0 Å². The van der Waals surface area contributed by atoms with Crippen molar-refractivity contribution in [1.82, 2.24) is 14.8 Å². The third kappa shape index (κ3) is 2.24. The molecule has 2 atom stereocenters. The molecule has 3 aromatic rings. The number of carbonyl (C=O) groups excluding carboxylic acids is 2. The Morgan fingerprint density at radius 3 is 2.78 bits per heavy atom. The summed E-state index contributed by atoms with van der Waals surface area (Å²) in [6.07, 6.45) is 0.468. The van der Waals surface area contributed by atoms with Crippen molar-refractivity contribution in [1.29, 1.82) is 0 Å². The summed E-state index contributed by atoms with van der Waals surface area (Å²) in [4.78, 5) is 31.8. The van der Waals surface area contributed by atoms with Crippen LogP contribution in [0.3, 0.4) is 0 Å². The lowest BCUT2D eigenvalue weighted by Crippen LogP contribution is -2.44. The number of hydrogen-bond acceptors (Lipinski definition) is 3. The van der Waals surface area contributed by atoms with Gasteiger partial charge in [-0.15, -0.1) is 0 Å². The fraction of sp³-hybridized carbons (Fsp3) is 0.200. The summed E-state index contributed by atoms with van der Waals surface area (Å²) in [7, 11) is 1.52. The van der Waals surface area contributed by atoms with E-state index in [-0.39, 0.29) is 17.7 Å². The molecule has 0 aliphatic carbocycles. The molecule has 0 bridgehead atoms. The molecule has 2 unspecified atom stereocenters. The van der Waals surface area contributed by atoms with Gasteiger partial charge in [0.1, 0.15) is 17.8 Å². The van der Waals surface area contributed by atoms with E-state index in [1.54, 1.807) is 23.1 Å². The minimum atomic E-state index is -0.541. The van der Waals surface area contributed by atoms with Crippen molar-refractivity contribution in [3.8, 4) is 5.75 Å². The van der Waals surface area contributed by atoms with Crippen LogP contribution in [-0.4, -0.2) is 44.9 Å². The van der Waals surface area contributed by atoms with Gasteiger partial charge in [-0.05, 0) is 41.5 Å². The summed E-state index contributed by atoms with van der Waals surface area (Å²) in [5.41, 5.74) is 3.66. The molecule has 5 rings (SSSR count). The lowest BCUT2D eigenvalue weighted by Gasteiger charge is -2.36. The highest BCUT2D eigenvalue weighted by molar-refractivity contribution is 9.10. The van der Waals surface area contributed by atoms with Gasteiger partial charge in [-0.1, -0.05) is 28.1 Å². The highest BCUT2D eigenvalue weighted by atomic mass is 79.9. The topological polar surface area (TPSA) is 76.6 Å². The maximum Gasteiger partial charge on any atom is 0.328 e. The first-order valence-electron chi connectivity index (χ1n) is 8.64.